The molecule has 1 aliphatic carbocycles. The van der Waals surface area contributed by atoms with Crippen molar-refractivity contribution in [1.82, 2.24) is 5.32 Å². The minimum absolute atomic E-state index is 0.0713. The van der Waals surface area contributed by atoms with E-state index < -0.39 is 16.8 Å². The lowest BCUT2D eigenvalue weighted by Gasteiger charge is -2.43. The van der Waals surface area contributed by atoms with Crippen LogP contribution in [0.1, 0.15) is 50.5 Å². The number of esters is 1. The number of ether oxygens (including phenoxy) is 3. The fraction of sp³-hybridized carbons (Fsp3) is 0.625. The van der Waals surface area contributed by atoms with Crippen LogP contribution in [0.5, 0.6) is 11.5 Å². The van der Waals surface area contributed by atoms with E-state index in [-0.39, 0.29) is 18.1 Å². The fourth-order valence-electron chi connectivity index (χ4n) is 5.11. The second kappa shape index (κ2) is 10.6. The molecule has 0 spiro atoms. The molecule has 33 heavy (non-hydrogen) atoms. The lowest BCUT2D eigenvalue weighted by molar-refractivity contribution is -0.177. The first kappa shape index (κ1) is 24.2. The molecule has 0 aromatic heterocycles. The van der Waals surface area contributed by atoms with E-state index in [1.165, 1.54) is 11.8 Å². The van der Waals surface area contributed by atoms with Crippen molar-refractivity contribution in [2.45, 2.75) is 62.2 Å². The van der Waals surface area contributed by atoms with Crippen molar-refractivity contribution in [3.8, 4) is 11.5 Å². The Bertz CT molecular complexity index is 914. The predicted octanol–water partition coefficient (Wildman–Crippen LogP) is 4.19. The number of amidine groups is 1. The number of Topliss-reactive ketones (excluding diaryl/α,β-unsaturated/α-hetero) is 1. The molecule has 2 heterocycles. The van der Waals surface area contributed by atoms with Crippen molar-refractivity contribution in [3.63, 3.8) is 0 Å². The van der Waals surface area contributed by atoms with Crippen LogP contribution >= 0.6 is 23.4 Å². The first-order chi connectivity index (χ1) is 16.0. The summed E-state index contributed by atoms with van der Waals surface area (Å²) in [5.41, 5.74) is 0.113. The smallest absolute Gasteiger partial charge is 0.327 e. The number of methoxy groups -OCH3 is 2. The van der Waals surface area contributed by atoms with Crippen molar-refractivity contribution in [2.24, 2.45) is 10.9 Å². The monoisotopic (exact) mass is 494 g/mol. The molecule has 9 heteroatoms. The van der Waals surface area contributed by atoms with Crippen molar-refractivity contribution in [1.29, 1.82) is 0 Å². The molecule has 2 aliphatic heterocycles. The Kier molecular flexibility index (Phi) is 7.74. The molecule has 3 aliphatic rings. The van der Waals surface area contributed by atoms with Crippen LogP contribution in [0.15, 0.2) is 17.1 Å². The van der Waals surface area contributed by atoms with E-state index in [0.717, 1.165) is 44.2 Å². The second-order valence-corrected chi connectivity index (χ2v) is 10.4. The van der Waals surface area contributed by atoms with Crippen LogP contribution in [0.4, 0.5) is 0 Å². The lowest BCUT2D eigenvalue weighted by Crippen LogP contribution is -2.53. The molecule has 180 valence electrons. The van der Waals surface area contributed by atoms with Gasteiger partial charge < -0.3 is 19.5 Å². The van der Waals surface area contributed by atoms with Crippen molar-refractivity contribution in [2.75, 3.05) is 27.3 Å². The van der Waals surface area contributed by atoms with E-state index in [9.17, 15) is 9.59 Å². The van der Waals surface area contributed by atoms with Gasteiger partial charge in [0.15, 0.2) is 16.2 Å². The first-order valence-corrected chi connectivity index (χ1v) is 12.8. The summed E-state index contributed by atoms with van der Waals surface area (Å²) in [5.74, 6) is 0.874. The number of hydrogen-bond acceptors (Lipinski definition) is 8. The van der Waals surface area contributed by atoms with Gasteiger partial charge in [0.05, 0.1) is 19.2 Å². The number of ketones is 1. The highest BCUT2D eigenvalue weighted by Crippen LogP contribution is 2.46. The highest BCUT2D eigenvalue weighted by molar-refractivity contribution is 8.15. The SMILES string of the molecule is COc1cc(OC)c(CCC2(C3CCCC3)CC(=O)C(SC3=NCCCN3)C(=O)O2)cc1Cl. The average Bonchev–Trinajstić information content (AvgIpc) is 3.37. The maximum atomic E-state index is 13.3. The summed E-state index contributed by atoms with van der Waals surface area (Å²) < 4.78 is 17.0. The lowest BCUT2D eigenvalue weighted by atomic mass is 9.76. The minimum atomic E-state index is -0.853. The molecule has 1 N–H and O–H groups in total. The van der Waals surface area contributed by atoms with Crippen molar-refractivity contribution < 1.29 is 23.8 Å². The van der Waals surface area contributed by atoms with Gasteiger partial charge in [-0.25, -0.2) is 0 Å². The number of nitrogens with one attached hydrogen (secondary N) is 1. The third-order valence-electron chi connectivity index (χ3n) is 6.85. The standard InChI is InChI=1S/C24H31ClN2O5S/c1-30-19-13-20(31-2)17(25)12-15(19)8-9-24(16-6-3-4-7-16)14-18(28)21(22(29)32-24)33-23-26-10-5-11-27-23/h12-13,16,21H,3-11,14H2,1-2H3,(H,26,27). The molecule has 0 bridgehead atoms. The highest BCUT2D eigenvalue weighted by Gasteiger charge is 2.52. The molecule has 0 radical (unpaired) electrons. The third kappa shape index (κ3) is 5.27. The largest absolute Gasteiger partial charge is 0.496 e. The molecular formula is C24H31ClN2O5S. The summed E-state index contributed by atoms with van der Waals surface area (Å²) in [6.07, 6.45) is 6.43. The van der Waals surface area contributed by atoms with Crippen LogP contribution in [-0.4, -0.2) is 55.1 Å². The minimum Gasteiger partial charge on any atom is -0.496 e. The average molecular weight is 495 g/mol. The molecule has 4 rings (SSSR count). The number of aliphatic imine (C=N–C) groups is 1. The number of benzene rings is 1. The zero-order valence-electron chi connectivity index (χ0n) is 19.2. The molecule has 1 aromatic carbocycles. The Morgan fingerprint density at radius 3 is 2.58 bits per heavy atom. The van der Waals surface area contributed by atoms with Crippen LogP contribution in [0, 0.1) is 5.92 Å². The molecule has 2 fully saturated rings. The van der Waals surface area contributed by atoms with E-state index in [2.05, 4.69) is 10.3 Å². The Labute approximate surface area is 204 Å². The van der Waals surface area contributed by atoms with Crippen LogP contribution in [0.2, 0.25) is 5.02 Å². The summed E-state index contributed by atoms with van der Waals surface area (Å²) in [6.45, 7) is 1.52. The van der Waals surface area contributed by atoms with Gasteiger partial charge in [0.1, 0.15) is 17.1 Å². The normalized spacial score (nSPS) is 25.9. The summed E-state index contributed by atoms with van der Waals surface area (Å²) in [4.78, 5) is 30.8. The van der Waals surface area contributed by atoms with Gasteiger partial charge in [0.2, 0.25) is 0 Å². The first-order valence-electron chi connectivity index (χ1n) is 11.6. The number of halogens is 1. The summed E-state index contributed by atoms with van der Waals surface area (Å²) in [6, 6.07) is 3.60. The molecule has 2 atom stereocenters. The molecular weight excluding hydrogens is 464 g/mol. The van der Waals surface area contributed by atoms with Crippen LogP contribution in [0.25, 0.3) is 0 Å². The number of rotatable bonds is 7. The maximum absolute atomic E-state index is 13.3. The van der Waals surface area contributed by atoms with Gasteiger partial charge >= 0.3 is 5.97 Å². The number of hydrogen-bond donors (Lipinski definition) is 1. The van der Waals surface area contributed by atoms with Gasteiger partial charge in [-0.2, -0.15) is 0 Å². The molecule has 1 saturated heterocycles. The van der Waals surface area contributed by atoms with Crippen molar-refractivity contribution >= 4 is 40.3 Å². The Morgan fingerprint density at radius 2 is 1.94 bits per heavy atom. The van der Waals surface area contributed by atoms with Gasteiger partial charge in [-0.3, -0.25) is 14.6 Å². The van der Waals surface area contributed by atoms with Gasteiger partial charge in [-0.15, -0.1) is 0 Å². The van der Waals surface area contributed by atoms with E-state index in [4.69, 9.17) is 25.8 Å². The Balaban J connectivity index is 1.54. The van der Waals surface area contributed by atoms with E-state index in [0.29, 0.717) is 41.1 Å². The summed E-state index contributed by atoms with van der Waals surface area (Å²) in [7, 11) is 3.16. The third-order valence-corrected chi connectivity index (χ3v) is 8.33. The Morgan fingerprint density at radius 1 is 1.18 bits per heavy atom. The number of carbonyl (C=O) groups excluding carboxylic acids is 2. The zero-order chi connectivity index (χ0) is 23.4. The molecule has 1 aromatic rings. The highest BCUT2D eigenvalue weighted by atomic mass is 35.5. The molecule has 7 nitrogen and oxygen atoms in total. The van der Waals surface area contributed by atoms with Crippen LogP contribution in [-0.2, 0) is 20.7 Å². The van der Waals surface area contributed by atoms with Gasteiger partial charge in [-0.1, -0.05) is 36.2 Å². The van der Waals surface area contributed by atoms with Gasteiger partial charge in [0.25, 0.3) is 0 Å². The van der Waals surface area contributed by atoms with E-state index in [1.54, 1.807) is 20.3 Å². The van der Waals surface area contributed by atoms with Crippen LogP contribution in [0.3, 0.4) is 0 Å². The number of thioether (sulfide) groups is 1. The number of carbonyl (C=O) groups is 2. The quantitative estimate of drug-likeness (QED) is 0.449. The molecule has 1 saturated carbocycles. The number of cyclic esters (lactones) is 1. The van der Waals surface area contributed by atoms with E-state index >= 15 is 0 Å². The van der Waals surface area contributed by atoms with Crippen LogP contribution < -0.4 is 14.8 Å². The van der Waals surface area contributed by atoms with Crippen molar-refractivity contribution in [3.05, 3.63) is 22.7 Å². The van der Waals surface area contributed by atoms with E-state index in [1.807, 2.05) is 6.07 Å². The Hall–Kier alpha value is -1.93. The fourth-order valence-corrected chi connectivity index (χ4v) is 6.31. The zero-order valence-corrected chi connectivity index (χ0v) is 20.7. The molecule has 0 amide bonds. The predicted molar refractivity (Wildman–Crippen MR) is 130 cm³/mol. The topological polar surface area (TPSA) is 86.2 Å². The van der Waals surface area contributed by atoms with Gasteiger partial charge in [-0.05, 0) is 49.7 Å². The maximum Gasteiger partial charge on any atom is 0.327 e. The number of aryl methyl sites for hydroxylation is 1. The molecule has 2 unspecified atom stereocenters. The number of nitrogens with zero attached hydrogens (tertiary/aromatic N) is 1. The van der Waals surface area contributed by atoms with Gasteiger partial charge in [0, 0.05) is 25.6 Å². The second-order valence-electron chi connectivity index (χ2n) is 8.87. The summed E-state index contributed by atoms with van der Waals surface area (Å²) >= 11 is 7.55. The summed E-state index contributed by atoms with van der Waals surface area (Å²) in [5, 5.41) is 3.47.